The SMILES string of the molecule is CC(C)(C)C(=O)/C=C1/SCC(=O)N1CC(=O)Nc1ccccc1Cl. The lowest BCUT2D eigenvalue weighted by Crippen LogP contribution is -2.34. The van der Waals surface area contributed by atoms with Gasteiger partial charge in [0.25, 0.3) is 0 Å². The van der Waals surface area contributed by atoms with E-state index in [0.29, 0.717) is 15.7 Å². The number of ketones is 1. The van der Waals surface area contributed by atoms with Gasteiger partial charge in [-0.25, -0.2) is 0 Å². The van der Waals surface area contributed by atoms with Crippen molar-refractivity contribution < 1.29 is 14.4 Å². The van der Waals surface area contributed by atoms with E-state index in [1.54, 1.807) is 24.3 Å². The van der Waals surface area contributed by atoms with Gasteiger partial charge in [-0.2, -0.15) is 0 Å². The van der Waals surface area contributed by atoms with Crippen molar-refractivity contribution in [2.45, 2.75) is 20.8 Å². The molecule has 0 bridgehead atoms. The molecule has 0 aromatic heterocycles. The van der Waals surface area contributed by atoms with Crippen LogP contribution in [-0.4, -0.2) is 34.8 Å². The Balaban J connectivity index is 2.10. The van der Waals surface area contributed by atoms with E-state index in [-0.39, 0.29) is 29.9 Å². The van der Waals surface area contributed by atoms with Gasteiger partial charge in [0.2, 0.25) is 11.8 Å². The van der Waals surface area contributed by atoms with Gasteiger partial charge in [-0.15, -0.1) is 0 Å². The molecule has 0 saturated carbocycles. The Morgan fingerprint density at radius 1 is 1.33 bits per heavy atom. The Morgan fingerprint density at radius 3 is 2.62 bits per heavy atom. The predicted molar refractivity (Wildman–Crippen MR) is 96.8 cm³/mol. The highest BCUT2D eigenvalue weighted by Crippen LogP contribution is 2.30. The number of nitrogens with zero attached hydrogens (tertiary/aromatic N) is 1. The number of nitrogens with one attached hydrogen (secondary N) is 1. The van der Waals surface area contributed by atoms with E-state index in [0.717, 1.165) is 0 Å². The Labute approximate surface area is 150 Å². The second-order valence-corrected chi connectivity index (χ2v) is 7.80. The molecule has 0 atom stereocenters. The number of amides is 2. The van der Waals surface area contributed by atoms with Crippen LogP contribution in [-0.2, 0) is 14.4 Å². The number of rotatable bonds is 4. The zero-order chi connectivity index (χ0) is 17.9. The highest BCUT2D eigenvalue weighted by molar-refractivity contribution is 8.04. The van der Waals surface area contributed by atoms with Crippen LogP contribution in [0.25, 0.3) is 0 Å². The van der Waals surface area contributed by atoms with Gasteiger partial charge in [-0.3, -0.25) is 19.3 Å². The van der Waals surface area contributed by atoms with Crippen LogP contribution in [0.2, 0.25) is 5.02 Å². The van der Waals surface area contributed by atoms with Gasteiger partial charge in [0.05, 0.1) is 21.5 Å². The number of allylic oxidation sites excluding steroid dienone is 1. The van der Waals surface area contributed by atoms with E-state index in [2.05, 4.69) is 5.32 Å². The molecule has 1 aliphatic rings. The summed E-state index contributed by atoms with van der Waals surface area (Å²) in [6.45, 7) is 5.27. The third-order valence-electron chi connectivity index (χ3n) is 3.35. The van der Waals surface area contributed by atoms with Crippen molar-refractivity contribution in [2.24, 2.45) is 5.41 Å². The molecule has 7 heteroatoms. The fraction of sp³-hybridized carbons (Fsp3) is 0.353. The number of carbonyl (C=O) groups is 3. The van der Waals surface area contributed by atoms with E-state index >= 15 is 0 Å². The van der Waals surface area contributed by atoms with Crippen LogP contribution in [0.4, 0.5) is 5.69 Å². The lowest BCUT2D eigenvalue weighted by Gasteiger charge is -2.19. The van der Waals surface area contributed by atoms with E-state index in [9.17, 15) is 14.4 Å². The summed E-state index contributed by atoms with van der Waals surface area (Å²) in [6.07, 6.45) is 1.44. The largest absolute Gasteiger partial charge is 0.323 e. The quantitative estimate of drug-likeness (QED) is 0.830. The Morgan fingerprint density at radius 2 is 2.00 bits per heavy atom. The fourth-order valence-electron chi connectivity index (χ4n) is 1.92. The molecule has 1 aromatic carbocycles. The first-order valence-electron chi connectivity index (χ1n) is 7.42. The highest BCUT2D eigenvalue weighted by atomic mass is 35.5. The van der Waals surface area contributed by atoms with Crippen LogP contribution < -0.4 is 5.32 Å². The number of hydrogen-bond donors (Lipinski definition) is 1. The molecule has 0 aliphatic carbocycles. The third kappa shape index (κ3) is 4.61. The van der Waals surface area contributed by atoms with E-state index in [1.165, 1.54) is 22.7 Å². The minimum absolute atomic E-state index is 0.0868. The van der Waals surface area contributed by atoms with Crippen LogP contribution in [0.5, 0.6) is 0 Å². The third-order valence-corrected chi connectivity index (χ3v) is 4.71. The molecule has 1 fully saturated rings. The first-order valence-corrected chi connectivity index (χ1v) is 8.78. The normalized spacial score (nSPS) is 16.6. The molecule has 1 aromatic rings. The summed E-state index contributed by atoms with van der Waals surface area (Å²) in [5, 5.41) is 3.61. The summed E-state index contributed by atoms with van der Waals surface area (Å²) in [7, 11) is 0. The number of thioether (sulfide) groups is 1. The number of benzene rings is 1. The first kappa shape index (κ1) is 18.5. The standard InChI is InChI=1S/C17H19ClN2O3S/c1-17(2,3)13(21)8-16-20(15(23)10-24-16)9-14(22)19-12-7-5-4-6-11(12)18/h4-8H,9-10H2,1-3H3,(H,19,22)/b16-8+. The topological polar surface area (TPSA) is 66.5 Å². The maximum Gasteiger partial charge on any atom is 0.244 e. The zero-order valence-corrected chi connectivity index (χ0v) is 15.3. The van der Waals surface area contributed by atoms with Crippen LogP contribution in [0, 0.1) is 5.41 Å². The predicted octanol–water partition coefficient (Wildman–Crippen LogP) is 3.31. The highest BCUT2D eigenvalue weighted by Gasteiger charge is 2.30. The van der Waals surface area contributed by atoms with Gasteiger partial charge in [0, 0.05) is 11.5 Å². The smallest absolute Gasteiger partial charge is 0.244 e. The van der Waals surface area contributed by atoms with Gasteiger partial charge in [0.15, 0.2) is 5.78 Å². The summed E-state index contributed by atoms with van der Waals surface area (Å²) < 4.78 is 0. The second kappa shape index (κ2) is 7.40. The van der Waals surface area contributed by atoms with Crippen molar-refractivity contribution in [2.75, 3.05) is 17.6 Å². The molecule has 5 nitrogen and oxygen atoms in total. The van der Waals surface area contributed by atoms with Crippen molar-refractivity contribution in [1.82, 2.24) is 4.90 Å². The number of halogens is 1. The maximum atomic E-state index is 12.2. The van der Waals surface area contributed by atoms with E-state index in [4.69, 9.17) is 11.6 Å². The van der Waals surface area contributed by atoms with Crippen molar-refractivity contribution in [3.63, 3.8) is 0 Å². The first-order chi connectivity index (χ1) is 11.2. The monoisotopic (exact) mass is 366 g/mol. The van der Waals surface area contributed by atoms with Crippen LogP contribution in [0.15, 0.2) is 35.4 Å². The summed E-state index contributed by atoms with van der Waals surface area (Å²) in [6, 6.07) is 6.87. The molecule has 1 saturated heterocycles. The average Bonchev–Trinajstić information content (AvgIpc) is 2.81. The van der Waals surface area contributed by atoms with Gasteiger partial charge in [0.1, 0.15) is 6.54 Å². The van der Waals surface area contributed by atoms with E-state index < -0.39 is 5.41 Å². The van der Waals surface area contributed by atoms with Crippen LogP contribution in [0.1, 0.15) is 20.8 Å². The lowest BCUT2D eigenvalue weighted by molar-refractivity contribution is -0.129. The molecule has 2 amide bonds. The zero-order valence-electron chi connectivity index (χ0n) is 13.8. The number of anilines is 1. The molecule has 0 spiro atoms. The lowest BCUT2D eigenvalue weighted by atomic mass is 9.91. The molecule has 128 valence electrons. The molecule has 0 unspecified atom stereocenters. The Hall–Kier alpha value is -1.79. The van der Waals surface area contributed by atoms with Crippen LogP contribution >= 0.6 is 23.4 Å². The maximum absolute atomic E-state index is 12.2. The average molecular weight is 367 g/mol. The fourth-order valence-corrected chi connectivity index (χ4v) is 3.05. The van der Waals surface area contributed by atoms with Gasteiger partial charge in [-0.05, 0) is 12.1 Å². The number of hydrogen-bond acceptors (Lipinski definition) is 4. The molecule has 0 radical (unpaired) electrons. The Kier molecular flexibility index (Phi) is 5.72. The molecule has 1 aliphatic heterocycles. The minimum atomic E-state index is -0.537. The van der Waals surface area contributed by atoms with Crippen molar-refractivity contribution in [3.05, 3.63) is 40.4 Å². The van der Waals surface area contributed by atoms with Crippen molar-refractivity contribution >= 4 is 46.6 Å². The molecule has 24 heavy (non-hydrogen) atoms. The summed E-state index contributed by atoms with van der Waals surface area (Å²) in [4.78, 5) is 37.7. The number of para-hydroxylation sites is 1. The molecule has 1 N–H and O–H groups in total. The van der Waals surface area contributed by atoms with Crippen molar-refractivity contribution in [3.8, 4) is 0 Å². The van der Waals surface area contributed by atoms with E-state index in [1.807, 2.05) is 20.8 Å². The molecular formula is C17H19ClN2O3S. The summed E-state index contributed by atoms with van der Waals surface area (Å²) in [5.74, 6) is -0.422. The summed E-state index contributed by atoms with van der Waals surface area (Å²) >= 11 is 7.27. The van der Waals surface area contributed by atoms with Gasteiger partial charge in [-0.1, -0.05) is 56.3 Å². The summed E-state index contributed by atoms with van der Waals surface area (Å²) in [5.41, 5.74) is -0.0511. The molecule has 2 rings (SSSR count). The molecule has 1 heterocycles. The second-order valence-electron chi connectivity index (χ2n) is 6.39. The van der Waals surface area contributed by atoms with Gasteiger partial charge >= 0.3 is 0 Å². The minimum Gasteiger partial charge on any atom is -0.323 e. The number of carbonyl (C=O) groups excluding carboxylic acids is 3. The van der Waals surface area contributed by atoms with Gasteiger partial charge < -0.3 is 5.32 Å². The van der Waals surface area contributed by atoms with Crippen LogP contribution in [0.3, 0.4) is 0 Å². The Bertz CT molecular complexity index is 710. The molecular weight excluding hydrogens is 348 g/mol. The van der Waals surface area contributed by atoms with Crippen molar-refractivity contribution in [1.29, 1.82) is 0 Å².